The predicted molar refractivity (Wildman–Crippen MR) is 195 cm³/mol. The van der Waals surface area contributed by atoms with Gasteiger partial charge in [0.1, 0.15) is 6.10 Å². The fourth-order valence-electron chi connectivity index (χ4n) is 3.51. The van der Waals surface area contributed by atoms with Crippen LogP contribution in [0.4, 0.5) is 0 Å². The molecule has 1 fully saturated rings. The van der Waals surface area contributed by atoms with E-state index in [4.69, 9.17) is 48.7 Å². The lowest BCUT2D eigenvalue weighted by atomic mass is 10.5. The van der Waals surface area contributed by atoms with Gasteiger partial charge in [-0.25, -0.2) is 0 Å². The lowest BCUT2D eigenvalue weighted by molar-refractivity contribution is 0.0226. The molecule has 0 aliphatic carbocycles. The summed E-state index contributed by atoms with van der Waals surface area (Å²) in [7, 11) is 0.123. The fourth-order valence-corrected chi connectivity index (χ4v) is 19.6. The number of epoxide rings is 1. The van der Waals surface area contributed by atoms with Gasteiger partial charge in [-0.2, -0.15) is 0 Å². The molecule has 0 radical (unpaired) electrons. The molecule has 0 saturated carbocycles. The summed E-state index contributed by atoms with van der Waals surface area (Å²) < 4.78 is 57.6. The van der Waals surface area contributed by atoms with Crippen molar-refractivity contribution in [2.45, 2.75) is 84.0 Å². The Morgan fingerprint density at radius 2 is 0.977 bits per heavy atom. The summed E-state index contributed by atoms with van der Waals surface area (Å²) in [6, 6.07) is 0.780. The van der Waals surface area contributed by atoms with Gasteiger partial charge in [0.2, 0.25) is 0 Å². The average molecular weight is 737 g/mol. The van der Waals surface area contributed by atoms with Gasteiger partial charge in [-0.15, -0.1) is 13.2 Å². The Labute approximate surface area is 277 Å². The first-order chi connectivity index (χ1) is 20.0. The molecule has 0 N–H and O–H groups in total. The Morgan fingerprint density at radius 1 is 0.614 bits per heavy atom. The molecule has 0 aromatic heterocycles. The molecule has 1 atom stereocenters. The molecule has 0 aromatic rings. The summed E-state index contributed by atoms with van der Waals surface area (Å²) in [5.41, 5.74) is 3.93. The lowest BCUT2D eigenvalue weighted by Gasteiger charge is -2.29. The third-order valence-corrected chi connectivity index (χ3v) is 21.4. The second-order valence-corrected chi connectivity index (χ2v) is 35.8. The number of rotatable bonds is 19. The molecule has 17 heteroatoms. The van der Waals surface area contributed by atoms with Crippen molar-refractivity contribution in [2.75, 3.05) is 69.6 Å². The Morgan fingerprint density at radius 3 is 1.18 bits per heavy atom. The van der Waals surface area contributed by atoms with Gasteiger partial charge in [0.15, 0.2) is 33.3 Å². The first kappa shape index (κ1) is 48.7. The summed E-state index contributed by atoms with van der Waals surface area (Å²) in [6.07, 6.45) is 1.22. The van der Waals surface area contributed by atoms with E-state index in [2.05, 4.69) is 78.6 Å². The lowest BCUT2D eigenvalue weighted by Crippen LogP contribution is -2.45. The molecule has 1 unspecified atom stereocenters. The van der Waals surface area contributed by atoms with Crippen molar-refractivity contribution >= 4 is 51.1 Å². The highest BCUT2D eigenvalue weighted by Crippen LogP contribution is 2.17. The van der Waals surface area contributed by atoms with Crippen LogP contribution in [0.1, 0.15) is 6.42 Å². The van der Waals surface area contributed by atoms with Gasteiger partial charge >= 0.3 is 17.9 Å². The van der Waals surface area contributed by atoms with Crippen molar-refractivity contribution in [1.82, 2.24) is 0 Å². The molecule has 0 bridgehead atoms. The molecule has 1 aliphatic heterocycles. The molecular formula is C27H68O11Si6. The van der Waals surface area contributed by atoms with Gasteiger partial charge in [-0.1, -0.05) is 11.4 Å². The Balaban J connectivity index is -0.000000524. The van der Waals surface area contributed by atoms with E-state index in [1.165, 1.54) is 28.4 Å². The normalized spacial score (nSPS) is 15.5. The maximum absolute atomic E-state index is 5.97. The van der Waals surface area contributed by atoms with Crippen LogP contribution in [0.15, 0.2) is 24.6 Å². The molecule has 11 nitrogen and oxygen atoms in total. The van der Waals surface area contributed by atoms with Gasteiger partial charge in [-0.3, -0.25) is 0 Å². The standard InChI is InChI=1S/C9H20O5Si.C8H18OSi2.C6H18OSi2.C4H12O4Si/c1-10-15(11-2,12-3)6-4-5-13-7-9-8-14-9;1-7-10(3,4)9-11(5,6)8-2;1-8(2,3)7-9(4,5)6;1-5-9(6-2,7-3)8-4/h9H,4-8H2,1-3H3;7-8H,1-2H2,3-6H3;1-6H3;1-4H3. The highest BCUT2D eigenvalue weighted by Gasteiger charge is 2.40. The highest BCUT2D eigenvalue weighted by molar-refractivity contribution is 6.89. The molecule has 44 heavy (non-hydrogen) atoms. The van der Waals surface area contributed by atoms with Crippen LogP contribution in [0.2, 0.25) is 71.5 Å². The third-order valence-electron chi connectivity index (χ3n) is 5.53. The second-order valence-electron chi connectivity index (χ2n) is 12.8. The molecule has 266 valence electrons. The zero-order valence-corrected chi connectivity index (χ0v) is 37.2. The van der Waals surface area contributed by atoms with Crippen molar-refractivity contribution in [3.63, 3.8) is 0 Å². The van der Waals surface area contributed by atoms with Crippen LogP contribution in [0.25, 0.3) is 0 Å². The van der Waals surface area contributed by atoms with E-state index in [1.807, 2.05) is 11.4 Å². The molecule has 1 rings (SSSR count). The summed E-state index contributed by atoms with van der Waals surface area (Å²) in [5.74, 6) is 0. The van der Waals surface area contributed by atoms with E-state index < -0.39 is 51.1 Å². The van der Waals surface area contributed by atoms with Crippen LogP contribution in [0.3, 0.4) is 0 Å². The van der Waals surface area contributed by atoms with Crippen LogP contribution in [-0.2, 0) is 48.7 Å². The summed E-state index contributed by atoms with van der Waals surface area (Å²) in [5, 5.41) is 0. The SMILES string of the molecule is C=C[Si](C)(C)O[Si](C)(C)C=C.CO[Si](CCCOCC1CO1)(OC)OC.CO[Si](OC)(OC)OC.C[Si](C)(C)O[Si](C)(C)C. The van der Waals surface area contributed by atoms with Gasteiger partial charge < -0.3 is 48.7 Å². The zero-order valence-electron chi connectivity index (χ0n) is 31.2. The second kappa shape index (κ2) is 23.6. The maximum atomic E-state index is 5.97. The molecule has 1 heterocycles. The van der Waals surface area contributed by atoms with Crippen LogP contribution in [-0.4, -0.2) is 127 Å². The van der Waals surface area contributed by atoms with Crippen LogP contribution >= 0.6 is 0 Å². The monoisotopic (exact) mass is 736 g/mol. The van der Waals surface area contributed by atoms with E-state index in [1.54, 1.807) is 21.3 Å². The molecule has 0 amide bonds. The van der Waals surface area contributed by atoms with Crippen molar-refractivity contribution in [3.05, 3.63) is 24.6 Å². The molecular weight excluding hydrogens is 669 g/mol. The van der Waals surface area contributed by atoms with Gasteiger partial charge in [-0.05, 0) is 71.9 Å². The molecule has 0 spiro atoms. The summed E-state index contributed by atoms with van der Waals surface area (Å²) in [6.45, 7) is 31.8. The van der Waals surface area contributed by atoms with E-state index in [0.29, 0.717) is 19.3 Å². The van der Waals surface area contributed by atoms with E-state index in [0.717, 1.165) is 19.1 Å². The van der Waals surface area contributed by atoms with Crippen molar-refractivity contribution in [3.8, 4) is 0 Å². The first-order valence-electron chi connectivity index (χ1n) is 14.8. The largest absolute Gasteiger partial charge is 0.678 e. The smallest absolute Gasteiger partial charge is 0.456 e. The third kappa shape index (κ3) is 27.5. The van der Waals surface area contributed by atoms with E-state index >= 15 is 0 Å². The van der Waals surface area contributed by atoms with Crippen molar-refractivity contribution in [2.24, 2.45) is 0 Å². The minimum Gasteiger partial charge on any atom is -0.456 e. The zero-order chi connectivity index (χ0) is 35.3. The highest BCUT2D eigenvalue weighted by atomic mass is 28.4. The first-order valence-corrected chi connectivity index (χ1v) is 31.1. The number of hydrogen-bond acceptors (Lipinski definition) is 11. The van der Waals surface area contributed by atoms with E-state index in [9.17, 15) is 0 Å². The molecule has 1 aliphatic rings. The predicted octanol–water partition coefficient (Wildman–Crippen LogP) is 6.21. The fraction of sp³-hybridized carbons (Fsp3) is 0.852. The maximum Gasteiger partial charge on any atom is 0.678 e. The summed E-state index contributed by atoms with van der Waals surface area (Å²) in [4.78, 5) is 0. The number of hydrogen-bond donors (Lipinski definition) is 0. The molecule has 0 aromatic carbocycles. The molecule has 1 saturated heterocycles. The van der Waals surface area contributed by atoms with Gasteiger partial charge in [0.05, 0.1) is 13.2 Å². The van der Waals surface area contributed by atoms with E-state index in [-0.39, 0.29) is 0 Å². The number of ether oxygens (including phenoxy) is 2. The van der Waals surface area contributed by atoms with Crippen molar-refractivity contribution < 1.29 is 48.7 Å². The Hall–Kier alpha value is 0.341. The Bertz CT molecular complexity index is 679. The van der Waals surface area contributed by atoms with Gasteiger partial charge in [0.25, 0.3) is 0 Å². The minimum absolute atomic E-state index is 0.333. The van der Waals surface area contributed by atoms with Crippen molar-refractivity contribution in [1.29, 1.82) is 0 Å². The average Bonchev–Trinajstić information content (AvgIpc) is 3.76. The van der Waals surface area contributed by atoms with Crippen LogP contribution in [0, 0.1) is 0 Å². The topological polar surface area (TPSA) is 105 Å². The Kier molecular flexibility index (Phi) is 26.2. The summed E-state index contributed by atoms with van der Waals surface area (Å²) >= 11 is 0. The van der Waals surface area contributed by atoms with Crippen LogP contribution in [0.5, 0.6) is 0 Å². The minimum atomic E-state index is -2.69. The van der Waals surface area contributed by atoms with Crippen LogP contribution < -0.4 is 0 Å². The quantitative estimate of drug-likeness (QED) is 0.0859. The van der Waals surface area contributed by atoms with Gasteiger partial charge in [0, 0.05) is 62.4 Å².